The Kier molecular flexibility index (Phi) is 4.98. The lowest BCUT2D eigenvalue weighted by molar-refractivity contribution is 0.0714. The number of aromatic hydroxyl groups is 1. The summed E-state index contributed by atoms with van der Waals surface area (Å²) in [7, 11) is 1.45. The van der Waals surface area contributed by atoms with Gasteiger partial charge in [-0.2, -0.15) is 0 Å². The average Bonchev–Trinajstić information content (AvgIpc) is 3.07. The molecule has 0 spiro atoms. The number of carbonyl (C=O) groups excluding carboxylic acids is 1. The third-order valence-electron chi connectivity index (χ3n) is 5.64. The minimum atomic E-state index is -0.688. The van der Waals surface area contributed by atoms with Crippen molar-refractivity contribution in [2.24, 2.45) is 0 Å². The summed E-state index contributed by atoms with van der Waals surface area (Å²) in [5.74, 6) is -0.0820. The number of phenolic OH excluding ortho intramolecular Hbond substituents is 1. The molecular formula is C25H18BrNO5. The van der Waals surface area contributed by atoms with Crippen molar-refractivity contribution in [1.82, 2.24) is 4.90 Å². The molecule has 3 aromatic carbocycles. The van der Waals surface area contributed by atoms with Crippen LogP contribution in [0.25, 0.3) is 11.0 Å². The van der Waals surface area contributed by atoms with Gasteiger partial charge in [0.2, 0.25) is 5.76 Å². The van der Waals surface area contributed by atoms with Gasteiger partial charge in [-0.3, -0.25) is 9.59 Å². The molecule has 0 aliphatic carbocycles. The standard InChI is InChI=1S/C25H18BrNO5/c1-31-20-11-15(7-9-18(20)28)22-21-23(29)17-12-16(26)8-10-19(17)32-24(21)25(30)27(22)13-14-5-3-2-4-6-14/h2-12,22,28H,13H2,1H3/t22-/m1/s1. The van der Waals surface area contributed by atoms with E-state index in [0.717, 1.165) is 10.0 Å². The summed E-state index contributed by atoms with van der Waals surface area (Å²) < 4.78 is 12.0. The molecule has 1 aromatic heterocycles. The second-order valence-corrected chi connectivity index (χ2v) is 8.48. The quantitative estimate of drug-likeness (QED) is 0.433. The first-order valence-corrected chi connectivity index (χ1v) is 10.8. The number of amides is 1. The minimum Gasteiger partial charge on any atom is -0.504 e. The lowest BCUT2D eigenvalue weighted by atomic mass is 9.98. The zero-order chi connectivity index (χ0) is 22.4. The number of nitrogens with zero attached hydrogens (tertiary/aromatic N) is 1. The van der Waals surface area contributed by atoms with Crippen molar-refractivity contribution in [3.05, 3.63) is 104 Å². The SMILES string of the molecule is COc1cc([C@@H]2c3c(oc4ccc(Br)cc4c3=O)C(=O)N2Cc2ccccc2)ccc1O. The van der Waals surface area contributed by atoms with Gasteiger partial charge in [-0.15, -0.1) is 0 Å². The van der Waals surface area contributed by atoms with E-state index in [0.29, 0.717) is 16.5 Å². The first-order valence-electron chi connectivity index (χ1n) is 9.96. The third-order valence-corrected chi connectivity index (χ3v) is 6.14. The largest absolute Gasteiger partial charge is 0.504 e. The summed E-state index contributed by atoms with van der Waals surface area (Å²) in [6, 6.07) is 18.8. The van der Waals surface area contributed by atoms with Gasteiger partial charge in [0.05, 0.1) is 24.1 Å². The molecule has 0 bridgehead atoms. The van der Waals surface area contributed by atoms with Crippen LogP contribution in [-0.2, 0) is 6.54 Å². The molecule has 5 rings (SSSR count). The van der Waals surface area contributed by atoms with Crippen LogP contribution in [0.3, 0.4) is 0 Å². The highest BCUT2D eigenvalue weighted by Crippen LogP contribution is 2.41. The number of phenols is 1. The summed E-state index contributed by atoms with van der Waals surface area (Å²) in [6.07, 6.45) is 0. The number of methoxy groups -OCH3 is 1. The van der Waals surface area contributed by atoms with E-state index in [1.165, 1.54) is 13.2 Å². The van der Waals surface area contributed by atoms with E-state index in [1.54, 1.807) is 35.2 Å². The van der Waals surface area contributed by atoms with E-state index in [2.05, 4.69) is 15.9 Å². The molecule has 0 unspecified atom stereocenters. The summed E-state index contributed by atoms with van der Waals surface area (Å²) >= 11 is 3.40. The number of hydrogen-bond donors (Lipinski definition) is 1. The van der Waals surface area contributed by atoms with E-state index in [1.807, 2.05) is 30.3 Å². The molecule has 1 aliphatic heterocycles. The highest BCUT2D eigenvalue weighted by atomic mass is 79.9. The zero-order valence-corrected chi connectivity index (χ0v) is 18.6. The predicted molar refractivity (Wildman–Crippen MR) is 123 cm³/mol. The Hall–Kier alpha value is -3.58. The first kappa shape index (κ1) is 20.3. The van der Waals surface area contributed by atoms with Crippen LogP contribution in [0.2, 0.25) is 0 Å². The van der Waals surface area contributed by atoms with Crippen molar-refractivity contribution < 1.29 is 19.1 Å². The molecule has 160 valence electrons. The van der Waals surface area contributed by atoms with E-state index in [4.69, 9.17) is 9.15 Å². The Balaban J connectivity index is 1.75. The number of carbonyl (C=O) groups is 1. The van der Waals surface area contributed by atoms with Crippen LogP contribution in [0, 0.1) is 0 Å². The van der Waals surface area contributed by atoms with E-state index in [9.17, 15) is 14.7 Å². The molecule has 1 aliphatic rings. The lowest BCUT2D eigenvalue weighted by Crippen LogP contribution is -2.29. The topological polar surface area (TPSA) is 80.0 Å². The summed E-state index contributed by atoms with van der Waals surface area (Å²) in [4.78, 5) is 28.7. The van der Waals surface area contributed by atoms with Gasteiger partial charge in [0.15, 0.2) is 16.9 Å². The summed E-state index contributed by atoms with van der Waals surface area (Å²) in [5, 5.41) is 10.5. The van der Waals surface area contributed by atoms with Crippen LogP contribution < -0.4 is 10.2 Å². The number of halogens is 1. The average molecular weight is 492 g/mol. The minimum absolute atomic E-state index is 0.0233. The van der Waals surface area contributed by atoms with Gasteiger partial charge >= 0.3 is 0 Å². The second-order valence-electron chi connectivity index (χ2n) is 7.57. The molecule has 4 aromatic rings. The lowest BCUT2D eigenvalue weighted by Gasteiger charge is -2.25. The fourth-order valence-corrected chi connectivity index (χ4v) is 4.51. The van der Waals surface area contributed by atoms with E-state index < -0.39 is 6.04 Å². The van der Waals surface area contributed by atoms with Crippen molar-refractivity contribution in [2.75, 3.05) is 7.11 Å². The Labute approximate surface area is 191 Å². The molecule has 1 amide bonds. The van der Waals surface area contributed by atoms with Crippen LogP contribution in [0.15, 0.2) is 80.4 Å². The highest BCUT2D eigenvalue weighted by molar-refractivity contribution is 9.10. The molecule has 1 atom stereocenters. The van der Waals surface area contributed by atoms with Crippen LogP contribution in [-0.4, -0.2) is 23.0 Å². The van der Waals surface area contributed by atoms with Crippen LogP contribution in [0.5, 0.6) is 11.5 Å². The molecule has 0 saturated heterocycles. The van der Waals surface area contributed by atoms with Gasteiger partial charge in [-0.1, -0.05) is 52.3 Å². The van der Waals surface area contributed by atoms with Crippen LogP contribution in [0.1, 0.15) is 33.3 Å². The Morgan fingerprint density at radius 1 is 1.06 bits per heavy atom. The maximum absolute atomic E-state index is 13.6. The Morgan fingerprint density at radius 2 is 1.84 bits per heavy atom. The Bertz CT molecular complexity index is 1410. The maximum Gasteiger partial charge on any atom is 0.291 e. The van der Waals surface area contributed by atoms with Gasteiger partial charge in [0.25, 0.3) is 5.91 Å². The zero-order valence-electron chi connectivity index (χ0n) is 17.0. The van der Waals surface area contributed by atoms with Crippen molar-refractivity contribution in [1.29, 1.82) is 0 Å². The summed E-state index contributed by atoms with van der Waals surface area (Å²) in [5.41, 5.74) is 1.94. The van der Waals surface area contributed by atoms with Gasteiger partial charge in [-0.25, -0.2) is 0 Å². The second kappa shape index (κ2) is 7.84. The van der Waals surface area contributed by atoms with Crippen molar-refractivity contribution in [3.63, 3.8) is 0 Å². The number of rotatable bonds is 4. The fraction of sp³-hybridized carbons (Fsp3) is 0.120. The number of fused-ring (bicyclic) bond motifs is 2. The molecule has 0 radical (unpaired) electrons. The van der Waals surface area contributed by atoms with Crippen LogP contribution >= 0.6 is 15.9 Å². The summed E-state index contributed by atoms with van der Waals surface area (Å²) in [6.45, 7) is 0.289. The molecule has 7 heteroatoms. The molecule has 2 heterocycles. The Morgan fingerprint density at radius 3 is 2.59 bits per heavy atom. The number of benzene rings is 3. The fourth-order valence-electron chi connectivity index (χ4n) is 4.15. The molecule has 0 saturated carbocycles. The molecule has 32 heavy (non-hydrogen) atoms. The maximum atomic E-state index is 13.6. The first-order chi connectivity index (χ1) is 15.5. The van der Waals surface area contributed by atoms with Crippen molar-refractivity contribution >= 4 is 32.8 Å². The highest BCUT2D eigenvalue weighted by Gasteiger charge is 2.43. The molecular weight excluding hydrogens is 474 g/mol. The predicted octanol–water partition coefficient (Wildman–Crippen LogP) is 5.02. The van der Waals surface area contributed by atoms with Crippen molar-refractivity contribution in [3.8, 4) is 11.5 Å². The molecule has 0 fully saturated rings. The number of ether oxygens (including phenoxy) is 1. The van der Waals surface area contributed by atoms with Gasteiger partial charge < -0.3 is 19.2 Å². The van der Waals surface area contributed by atoms with E-state index in [-0.39, 0.29) is 40.7 Å². The molecule has 6 nitrogen and oxygen atoms in total. The monoisotopic (exact) mass is 491 g/mol. The van der Waals surface area contributed by atoms with Gasteiger partial charge in [-0.05, 0) is 41.5 Å². The number of hydrogen-bond acceptors (Lipinski definition) is 5. The van der Waals surface area contributed by atoms with Crippen molar-refractivity contribution in [2.45, 2.75) is 12.6 Å². The smallest absolute Gasteiger partial charge is 0.291 e. The van der Waals surface area contributed by atoms with Gasteiger partial charge in [0, 0.05) is 11.0 Å². The van der Waals surface area contributed by atoms with E-state index >= 15 is 0 Å². The van der Waals surface area contributed by atoms with Gasteiger partial charge in [0.1, 0.15) is 5.58 Å². The third kappa shape index (κ3) is 3.26. The molecule has 1 N–H and O–H groups in total. The normalized spacial score (nSPS) is 15.2. The van der Waals surface area contributed by atoms with Crippen LogP contribution in [0.4, 0.5) is 0 Å².